The minimum Gasteiger partial charge on any atom is -0.356 e. The largest absolute Gasteiger partial charge is 0.356 e. The highest BCUT2D eigenvalue weighted by Gasteiger charge is 1.89. The topological polar surface area (TPSA) is 29.1 Å². The zero-order valence-electron chi connectivity index (χ0n) is 9.51. The highest BCUT2D eigenvalue weighted by atomic mass is 16.1. The van der Waals surface area contributed by atoms with Crippen molar-refractivity contribution in [1.29, 1.82) is 0 Å². The fourth-order valence-electron chi connectivity index (χ4n) is 1.32. The van der Waals surface area contributed by atoms with Crippen LogP contribution in [0, 0.1) is 0 Å². The van der Waals surface area contributed by atoms with Crippen molar-refractivity contribution in [3.05, 3.63) is 12.2 Å². The summed E-state index contributed by atoms with van der Waals surface area (Å²) in [5.74, 6) is -0.00372. The lowest BCUT2D eigenvalue weighted by Crippen LogP contribution is -2.13. The molecule has 0 saturated carbocycles. The zero-order valence-corrected chi connectivity index (χ0v) is 9.51. The van der Waals surface area contributed by atoms with Gasteiger partial charge in [0.15, 0.2) is 0 Å². The first kappa shape index (κ1) is 13.2. The summed E-state index contributed by atoms with van der Waals surface area (Å²) in [7, 11) is 1.65. The second-order valence-corrected chi connectivity index (χ2v) is 3.57. The molecule has 0 saturated heterocycles. The fraction of sp³-hybridized carbons (Fsp3) is 0.750. The third-order valence-electron chi connectivity index (χ3n) is 2.24. The average Bonchev–Trinajstić information content (AvgIpc) is 2.21. The smallest absolute Gasteiger partial charge is 0.243 e. The van der Waals surface area contributed by atoms with Crippen molar-refractivity contribution in [2.75, 3.05) is 7.05 Å². The summed E-state index contributed by atoms with van der Waals surface area (Å²) in [6, 6.07) is 0. The van der Waals surface area contributed by atoms with Gasteiger partial charge in [0.2, 0.25) is 5.91 Å². The summed E-state index contributed by atoms with van der Waals surface area (Å²) >= 11 is 0. The van der Waals surface area contributed by atoms with Crippen molar-refractivity contribution in [3.8, 4) is 0 Å². The van der Waals surface area contributed by atoms with Gasteiger partial charge in [-0.25, -0.2) is 0 Å². The Labute approximate surface area is 87.8 Å². The van der Waals surface area contributed by atoms with Gasteiger partial charge in [-0.15, -0.1) is 0 Å². The Morgan fingerprint density at radius 1 is 1.14 bits per heavy atom. The Balaban J connectivity index is 3.13. The molecule has 0 aromatic rings. The number of likely N-dealkylation sites (N-methyl/N-ethyl adjacent to an activating group) is 1. The van der Waals surface area contributed by atoms with Gasteiger partial charge in [0.1, 0.15) is 0 Å². The Morgan fingerprint density at radius 2 is 1.79 bits per heavy atom. The first-order valence-electron chi connectivity index (χ1n) is 5.69. The van der Waals surface area contributed by atoms with Crippen molar-refractivity contribution < 1.29 is 4.79 Å². The van der Waals surface area contributed by atoms with E-state index in [4.69, 9.17) is 0 Å². The molecule has 0 heterocycles. The fourth-order valence-corrected chi connectivity index (χ4v) is 1.32. The summed E-state index contributed by atoms with van der Waals surface area (Å²) in [6.07, 6.45) is 12.4. The number of nitrogens with one attached hydrogen (secondary N) is 1. The van der Waals surface area contributed by atoms with E-state index in [1.54, 1.807) is 13.1 Å². The Morgan fingerprint density at radius 3 is 2.43 bits per heavy atom. The second kappa shape index (κ2) is 10.3. The number of unbranched alkanes of at least 4 members (excludes halogenated alkanes) is 6. The highest BCUT2D eigenvalue weighted by Crippen LogP contribution is 2.06. The predicted octanol–water partition coefficient (Wildman–Crippen LogP) is 3.04. The molecule has 0 aromatic heterocycles. The molecule has 0 rings (SSSR count). The lowest BCUT2D eigenvalue weighted by molar-refractivity contribution is -0.116. The van der Waals surface area contributed by atoms with Crippen molar-refractivity contribution in [1.82, 2.24) is 5.32 Å². The van der Waals surface area contributed by atoms with E-state index in [2.05, 4.69) is 12.2 Å². The van der Waals surface area contributed by atoms with Gasteiger partial charge in [-0.2, -0.15) is 0 Å². The summed E-state index contributed by atoms with van der Waals surface area (Å²) in [5.41, 5.74) is 0. The van der Waals surface area contributed by atoms with Crippen LogP contribution in [0.25, 0.3) is 0 Å². The molecule has 1 amide bonds. The van der Waals surface area contributed by atoms with Gasteiger partial charge < -0.3 is 5.32 Å². The molecule has 0 spiro atoms. The number of hydrogen-bond acceptors (Lipinski definition) is 1. The molecule has 2 nitrogen and oxygen atoms in total. The van der Waals surface area contributed by atoms with Gasteiger partial charge in [0, 0.05) is 7.05 Å². The van der Waals surface area contributed by atoms with Crippen LogP contribution >= 0.6 is 0 Å². The average molecular weight is 197 g/mol. The molecule has 14 heavy (non-hydrogen) atoms. The number of carbonyl (C=O) groups is 1. The quantitative estimate of drug-likeness (QED) is 0.470. The van der Waals surface area contributed by atoms with E-state index in [1.807, 2.05) is 6.08 Å². The standard InChI is InChI=1S/C12H23NO/c1-3-4-5-6-7-8-9-10-11-12(14)13-2/h10-11H,3-9H2,1-2H3,(H,13,14). The summed E-state index contributed by atoms with van der Waals surface area (Å²) in [5, 5.41) is 2.56. The van der Waals surface area contributed by atoms with Crippen LogP contribution in [0.2, 0.25) is 0 Å². The maximum absolute atomic E-state index is 10.8. The molecule has 0 aromatic carbocycles. The van der Waals surface area contributed by atoms with Crippen molar-refractivity contribution >= 4 is 5.91 Å². The maximum atomic E-state index is 10.8. The normalized spacial score (nSPS) is 10.7. The monoisotopic (exact) mass is 197 g/mol. The van der Waals surface area contributed by atoms with E-state index in [9.17, 15) is 4.79 Å². The Hall–Kier alpha value is -0.790. The van der Waals surface area contributed by atoms with E-state index in [1.165, 1.54) is 38.5 Å². The Bertz CT molecular complexity index is 164. The third-order valence-corrected chi connectivity index (χ3v) is 2.24. The van der Waals surface area contributed by atoms with Gasteiger partial charge >= 0.3 is 0 Å². The van der Waals surface area contributed by atoms with E-state index in [0.717, 1.165) is 6.42 Å². The van der Waals surface area contributed by atoms with Crippen molar-refractivity contribution in [2.24, 2.45) is 0 Å². The summed E-state index contributed by atoms with van der Waals surface area (Å²) < 4.78 is 0. The molecular weight excluding hydrogens is 174 g/mol. The molecule has 0 radical (unpaired) electrons. The third kappa shape index (κ3) is 9.30. The van der Waals surface area contributed by atoms with E-state index >= 15 is 0 Å². The number of hydrogen-bond donors (Lipinski definition) is 1. The molecule has 0 aliphatic heterocycles. The number of allylic oxidation sites excluding steroid dienone is 1. The molecule has 1 N–H and O–H groups in total. The minimum absolute atomic E-state index is 0.00372. The van der Waals surface area contributed by atoms with Crippen LogP contribution in [0.4, 0.5) is 0 Å². The van der Waals surface area contributed by atoms with Gasteiger partial charge in [-0.05, 0) is 18.9 Å². The van der Waals surface area contributed by atoms with Crippen LogP contribution in [0.15, 0.2) is 12.2 Å². The molecule has 0 unspecified atom stereocenters. The van der Waals surface area contributed by atoms with Gasteiger partial charge in [-0.3, -0.25) is 4.79 Å². The molecular formula is C12H23NO. The van der Waals surface area contributed by atoms with Gasteiger partial charge in [-0.1, -0.05) is 45.1 Å². The second-order valence-electron chi connectivity index (χ2n) is 3.57. The highest BCUT2D eigenvalue weighted by molar-refractivity contribution is 5.87. The molecule has 0 aliphatic carbocycles. The number of carbonyl (C=O) groups excluding carboxylic acids is 1. The molecule has 0 fully saturated rings. The molecule has 2 heteroatoms. The molecule has 0 aliphatic rings. The van der Waals surface area contributed by atoms with Crippen LogP contribution in [0.3, 0.4) is 0 Å². The van der Waals surface area contributed by atoms with E-state index < -0.39 is 0 Å². The SMILES string of the molecule is CCCCCCCCC=CC(=O)NC. The lowest BCUT2D eigenvalue weighted by atomic mass is 10.1. The minimum atomic E-state index is -0.00372. The first-order valence-corrected chi connectivity index (χ1v) is 5.69. The Kier molecular flexibility index (Phi) is 9.71. The van der Waals surface area contributed by atoms with Crippen LogP contribution in [0.5, 0.6) is 0 Å². The lowest BCUT2D eigenvalue weighted by Gasteiger charge is -1.97. The van der Waals surface area contributed by atoms with Gasteiger partial charge in [0.05, 0.1) is 0 Å². The number of amides is 1. The summed E-state index contributed by atoms with van der Waals surface area (Å²) in [4.78, 5) is 10.8. The van der Waals surface area contributed by atoms with Crippen LogP contribution in [-0.4, -0.2) is 13.0 Å². The van der Waals surface area contributed by atoms with Crippen LogP contribution in [-0.2, 0) is 4.79 Å². The van der Waals surface area contributed by atoms with E-state index in [-0.39, 0.29) is 5.91 Å². The first-order chi connectivity index (χ1) is 6.81. The van der Waals surface area contributed by atoms with Crippen LogP contribution < -0.4 is 5.32 Å². The summed E-state index contributed by atoms with van der Waals surface area (Å²) in [6.45, 7) is 2.23. The van der Waals surface area contributed by atoms with E-state index in [0.29, 0.717) is 0 Å². The molecule has 82 valence electrons. The molecule has 0 bridgehead atoms. The molecule has 0 atom stereocenters. The van der Waals surface area contributed by atoms with Crippen molar-refractivity contribution in [2.45, 2.75) is 51.9 Å². The van der Waals surface area contributed by atoms with Gasteiger partial charge in [0.25, 0.3) is 0 Å². The van der Waals surface area contributed by atoms with Crippen LogP contribution in [0.1, 0.15) is 51.9 Å². The predicted molar refractivity (Wildman–Crippen MR) is 61.2 cm³/mol. The number of rotatable bonds is 8. The zero-order chi connectivity index (χ0) is 10.6. The maximum Gasteiger partial charge on any atom is 0.243 e. The van der Waals surface area contributed by atoms with Crippen molar-refractivity contribution in [3.63, 3.8) is 0 Å².